The Morgan fingerprint density at radius 3 is 1.54 bits per heavy atom. The van der Waals surface area contributed by atoms with Gasteiger partial charge < -0.3 is 4.90 Å². The summed E-state index contributed by atoms with van der Waals surface area (Å²) in [5.74, 6) is 0.869. The Balaban J connectivity index is 1.14. The van der Waals surface area contributed by atoms with E-state index in [0.29, 0.717) is 11.8 Å². The van der Waals surface area contributed by atoms with Crippen LogP contribution >= 0.6 is 0 Å². The Morgan fingerprint density at radius 2 is 0.926 bits per heavy atom. The first-order valence-corrected chi connectivity index (χ1v) is 19.3. The van der Waals surface area contributed by atoms with Crippen LogP contribution < -0.4 is 4.90 Å². The predicted molar refractivity (Wildman–Crippen MR) is 225 cm³/mol. The number of aryl methyl sites for hydroxylation is 1. The standard InChI is InChI=1S/C53H41N/c1-34-20-22-35(23-21-34)36-24-26-37(27-25-36)54(38-28-30-44-40-12-4-8-16-46(40)52(2,3)50(44)32-38)39-29-31-45-43-15-7-11-19-49(43)53(51(45)33-39)47-17-9-5-13-41(47)42-14-6-10-18-48(42)53/h4-33,40,46H,1-3H3. The molecule has 0 saturated carbocycles. The first-order chi connectivity index (χ1) is 26.4. The van der Waals surface area contributed by atoms with Crippen molar-refractivity contribution in [1.29, 1.82) is 0 Å². The molecule has 1 heteroatoms. The fourth-order valence-electron chi connectivity index (χ4n) is 10.5. The zero-order valence-electron chi connectivity index (χ0n) is 30.9. The van der Waals surface area contributed by atoms with Gasteiger partial charge in [0, 0.05) is 23.0 Å². The second-order valence-corrected chi connectivity index (χ2v) is 16.2. The van der Waals surface area contributed by atoms with E-state index in [1.807, 2.05) is 0 Å². The van der Waals surface area contributed by atoms with Crippen molar-refractivity contribution in [2.75, 3.05) is 4.90 Å². The number of allylic oxidation sites excluding steroid dienone is 4. The summed E-state index contributed by atoms with van der Waals surface area (Å²) in [6.07, 6.45) is 9.27. The Labute approximate surface area is 318 Å². The lowest BCUT2D eigenvalue weighted by molar-refractivity contribution is 0.394. The quantitative estimate of drug-likeness (QED) is 0.178. The lowest BCUT2D eigenvalue weighted by Gasteiger charge is -2.33. The average molecular weight is 692 g/mol. The van der Waals surface area contributed by atoms with Crippen molar-refractivity contribution >= 4 is 17.1 Å². The number of hydrogen-bond acceptors (Lipinski definition) is 1. The number of hydrogen-bond donors (Lipinski definition) is 0. The molecule has 11 rings (SSSR count). The predicted octanol–water partition coefficient (Wildman–Crippen LogP) is 13.6. The zero-order chi connectivity index (χ0) is 36.2. The van der Waals surface area contributed by atoms with E-state index in [-0.39, 0.29) is 5.41 Å². The molecule has 0 amide bonds. The maximum Gasteiger partial charge on any atom is 0.0726 e. The third kappa shape index (κ3) is 4.21. The third-order valence-electron chi connectivity index (χ3n) is 13.1. The van der Waals surface area contributed by atoms with Crippen molar-refractivity contribution in [3.63, 3.8) is 0 Å². The molecule has 258 valence electrons. The molecule has 1 spiro atoms. The van der Waals surface area contributed by atoms with Gasteiger partial charge in [0.2, 0.25) is 0 Å². The summed E-state index contributed by atoms with van der Waals surface area (Å²) in [6.45, 7) is 7.00. The van der Waals surface area contributed by atoms with Crippen LogP contribution in [0.5, 0.6) is 0 Å². The van der Waals surface area contributed by atoms with Crippen molar-refractivity contribution in [3.8, 4) is 33.4 Å². The molecule has 4 aliphatic carbocycles. The summed E-state index contributed by atoms with van der Waals surface area (Å²) in [5, 5.41) is 0. The zero-order valence-corrected chi connectivity index (χ0v) is 30.9. The Bertz CT molecular complexity index is 2640. The minimum absolute atomic E-state index is 0.0130. The molecule has 2 atom stereocenters. The molecule has 0 bridgehead atoms. The van der Waals surface area contributed by atoms with Gasteiger partial charge in [0.1, 0.15) is 0 Å². The van der Waals surface area contributed by atoms with Crippen LogP contribution in [0.3, 0.4) is 0 Å². The lowest BCUT2D eigenvalue weighted by atomic mass is 9.70. The van der Waals surface area contributed by atoms with Gasteiger partial charge >= 0.3 is 0 Å². The Hall–Kier alpha value is -6.18. The summed E-state index contributed by atoms with van der Waals surface area (Å²) >= 11 is 0. The van der Waals surface area contributed by atoms with Gasteiger partial charge in [0.25, 0.3) is 0 Å². The normalized spacial score (nSPS) is 18.4. The maximum atomic E-state index is 2.51. The molecule has 7 aromatic carbocycles. The van der Waals surface area contributed by atoms with E-state index in [0.717, 1.165) is 5.69 Å². The SMILES string of the molecule is Cc1ccc(-c2ccc(N(c3ccc4c(c3)C3(c5ccccc5-c5ccccc53)c3ccccc3-4)c3ccc4c(c3)C(C)(C)C3C=CC=CC43)cc2)cc1. The van der Waals surface area contributed by atoms with E-state index >= 15 is 0 Å². The molecule has 0 fully saturated rings. The fourth-order valence-corrected chi connectivity index (χ4v) is 10.5. The molecule has 0 heterocycles. The minimum Gasteiger partial charge on any atom is -0.310 e. The van der Waals surface area contributed by atoms with Crippen LogP contribution in [0.1, 0.15) is 58.7 Å². The lowest BCUT2D eigenvalue weighted by Crippen LogP contribution is -2.26. The molecule has 0 aromatic heterocycles. The van der Waals surface area contributed by atoms with E-state index < -0.39 is 5.41 Å². The molecule has 2 unspecified atom stereocenters. The number of rotatable bonds is 4. The summed E-state index contributed by atoms with van der Waals surface area (Å²) in [6, 6.07) is 59.7. The first kappa shape index (κ1) is 31.4. The average Bonchev–Trinajstić information content (AvgIpc) is 3.77. The maximum absolute atomic E-state index is 2.51. The van der Waals surface area contributed by atoms with Gasteiger partial charge in [-0.05, 0) is 121 Å². The molecule has 0 N–H and O–H groups in total. The van der Waals surface area contributed by atoms with Crippen LogP contribution in [-0.2, 0) is 10.8 Å². The topological polar surface area (TPSA) is 3.24 Å². The van der Waals surface area contributed by atoms with Crippen molar-refractivity contribution in [1.82, 2.24) is 0 Å². The van der Waals surface area contributed by atoms with Gasteiger partial charge in [-0.15, -0.1) is 0 Å². The van der Waals surface area contributed by atoms with E-state index in [1.54, 1.807) is 0 Å². The summed E-state index contributed by atoms with van der Waals surface area (Å²) in [7, 11) is 0. The van der Waals surface area contributed by atoms with Crippen LogP contribution in [0.4, 0.5) is 17.1 Å². The van der Waals surface area contributed by atoms with Gasteiger partial charge in [0.05, 0.1) is 5.41 Å². The second kappa shape index (κ2) is 11.4. The van der Waals surface area contributed by atoms with E-state index in [4.69, 9.17) is 0 Å². The Morgan fingerprint density at radius 1 is 0.444 bits per heavy atom. The molecule has 7 aromatic rings. The Kier molecular flexibility index (Phi) is 6.62. The highest BCUT2D eigenvalue weighted by Crippen LogP contribution is 2.63. The molecular formula is C53H41N. The highest BCUT2D eigenvalue weighted by molar-refractivity contribution is 5.96. The largest absolute Gasteiger partial charge is 0.310 e. The fraction of sp³-hybridized carbons (Fsp3) is 0.132. The number of benzene rings is 7. The second-order valence-electron chi connectivity index (χ2n) is 16.2. The highest BCUT2D eigenvalue weighted by atomic mass is 15.1. The number of nitrogens with zero attached hydrogens (tertiary/aromatic N) is 1. The molecule has 0 saturated heterocycles. The van der Waals surface area contributed by atoms with Crippen molar-refractivity contribution in [2.45, 2.75) is 37.5 Å². The molecule has 1 nitrogen and oxygen atoms in total. The number of anilines is 3. The van der Waals surface area contributed by atoms with Crippen LogP contribution in [0.25, 0.3) is 33.4 Å². The van der Waals surface area contributed by atoms with Gasteiger partial charge in [0.15, 0.2) is 0 Å². The molecule has 0 radical (unpaired) electrons. The van der Waals surface area contributed by atoms with Gasteiger partial charge in [-0.2, -0.15) is 0 Å². The molecule has 54 heavy (non-hydrogen) atoms. The van der Waals surface area contributed by atoms with E-state index in [1.165, 1.54) is 83.7 Å². The molecule has 4 aliphatic rings. The monoisotopic (exact) mass is 691 g/mol. The van der Waals surface area contributed by atoms with Crippen molar-refractivity contribution < 1.29 is 0 Å². The van der Waals surface area contributed by atoms with Crippen LogP contribution in [0.15, 0.2) is 182 Å². The van der Waals surface area contributed by atoms with Gasteiger partial charge in [-0.3, -0.25) is 0 Å². The van der Waals surface area contributed by atoms with E-state index in [2.05, 4.69) is 208 Å². The summed E-state index contributed by atoms with van der Waals surface area (Å²) in [4.78, 5) is 2.49. The minimum atomic E-state index is -0.398. The molecule has 0 aliphatic heterocycles. The third-order valence-corrected chi connectivity index (χ3v) is 13.1. The first-order valence-electron chi connectivity index (χ1n) is 19.3. The van der Waals surface area contributed by atoms with Crippen molar-refractivity contribution in [2.24, 2.45) is 5.92 Å². The smallest absolute Gasteiger partial charge is 0.0726 e. The van der Waals surface area contributed by atoms with Crippen LogP contribution in [-0.4, -0.2) is 0 Å². The molecular weight excluding hydrogens is 651 g/mol. The van der Waals surface area contributed by atoms with Crippen molar-refractivity contribution in [3.05, 3.63) is 221 Å². The van der Waals surface area contributed by atoms with Gasteiger partial charge in [-0.25, -0.2) is 0 Å². The van der Waals surface area contributed by atoms with Crippen LogP contribution in [0.2, 0.25) is 0 Å². The highest BCUT2D eigenvalue weighted by Gasteiger charge is 2.52. The summed E-state index contributed by atoms with van der Waals surface area (Å²) in [5.41, 5.74) is 20.5. The summed E-state index contributed by atoms with van der Waals surface area (Å²) < 4.78 is 0. The van der Waals surface area contributed by atoms with E-state index in [9.17, 15) is 0 Å². The van der Waals surface area contributed by atoms with Gasteiger partial charge in [-0.1, -0.05) is 165 Å². The number of fused-ring (bicyclic) bond motifs is 13. The van der Waals surface area contributed by atoms with Crippen LogP contribution in [0, 0.1) is 12.8 Å².